The Morgan fingerprint density at radius 2 is 1.35 bits per heavy atom. The predicted octanol–water partition coefficient (Wildman–Crippen LogP) is 8.11. The summed E-state index contributed by atoms with van der Waals surface area (Å²) in [5.74, 6) is 4.86. The van der Waals surface area contributed by atoms with E-state index >= 15 is 0 Å². The lowest BCUT2D eigenvalue weighted by atomic mass is 10.1. The summed E-state index contributed by atoms with van der Waals surface area (Å²) in [4.78, 5) is 12.0. The van der Waals surface area contributed by atoms with Crippen LogP contribution in [-0.2, 0) is 4.79 Å². The van der Waals surface area contributed by atoms with E-state index in [1.165, 1.54) is 50.7 Å². The summed E-state index contributed by atoms with van der Waals surface area (Å²) < 4.78 is 37.3. The van der Waals surface area contributed by atoms with Crippen LogP contribution in [0.1, 0.15) is 68.6 Å². The van der Waals surface area contributed by atoms with Gasteiger partial charge in [0.05, 0.1) is 6.61 Å². The molecule has 0 fully saturated rings. The van der Waals surface area contributed by atoms with Crippen molar-refractivity contribution in [3.63, 3.8) is 0 Å². The lowest BCUT2D eigenvalue weighted by molar-refractivity contribution is -0.128. The van der Waals surface area contributed by atoms with Gasteiger partial charge in [-0.05, 0) is 78.7 Å². The van der Waals surface area contributed by atoms with Crippen molar-refractivity contribution in [2.45, 2.75) is 51.9 Å². The van der Waals surface area contributed by atoms with Crippen molar-refractivity contribution in [3.05, 3.63) is 101 Å². The number of hydrogen-bond acceptors (Lipinski definition) is 3. The van der Waals surface area contributed by atoms with Gasteiger partial charge in [0.2, 0.25) is 0 Å². The maximum Gasteiger partial charge on any atom is 0.336 e. The minimum atomic E-state index is -0.977. The van der Waals surface area contributed by atoms with E-state index in [-0.39, 0.29) is 0 Å². The third-order valence-corrected chi connectivity index (χ3v) is 5.65. The lowest BCUT2D eigenvalue weighted by Gasteiger charge is -2.06. The third kappa shape index (κ3) is 10.3. The number of unbranched alkanes of at least 4 members (excludes halogenated alkanes) is 6. The standard InChI is InChI=1S/C32H32F2O3/c1-2-3-4-5-6-7-8-23-36-28-17-11-25(12-18-28)9-10-26-13-19-29(20-14-26)37-32(35)22-16-27-15-21-30(33)31(34)24-27/h11-22,24H,2-8,23H2,1H3/b22-16+. The Bertz CT molecular complexity index is 1220. The SMILES string of the molecule is CCCCCCCCCOc1ccc(C#Cc2ccc(OC(=O)/C=C/c3ccc(F)c(F)c3)cc2)cc1. The fourth-order valence-corrected chi connectivity index (χ4v) is 3.56. The maximum atomic E-state index is 13.2. The summed E-state index contributed by atoms with van der Waals surface area (Å²) in [6.45, 7) is 2.96. The van der Waals surface area contributed by atoms with Crippen molar-refractivity contribution in [1.29, 1.82) is 0 Å². The van der Waals surface area contributed by atoms with Crippen LogP contribution in [0.25, 0.3) is 6.08 Å². The average molecular weight is 503 g/mol. The normalized spacial score (nSPS) is 10.7. The van der Waals surface area contributed by atoms with Crippen LogP contribution in [0, 0.1) is 23.5 Å². The molecule has 192 valence electrons. The molecular formula is C32H32F2O3. The van der Waals surface area contributed by atoms with Gasteiger partial charge in [-0.25, -0.2) is 13.6 Å². The van der Waals surface area contributed by atoms with E-state index in [2.05, 4.69) is 18.8 Å². The van der Waals surface area contributed by atoms with Gasteiger partial charge in [0.15, 0.2) is 11.6 Å². The number of esters is 1. The Morgan fingerprint density at radius 1 is 0.757 bits per heavy atom. The van der Waals surface area contributed by atoms with Crippen molar-refractivity contribution in [3.8, 4) is 23.3 Å². The molecule has 5 heteroatoms. The minimum Gasteiger partial charge on any atom is -0.494 e. The molecule has 0 saturated carbocycles. The molecule has 0 aromatic heterocycles. The molecule has 0 unspecified atom stereocenters. The molecule has 3 aromatic rings. The number of hydrogen-bond donors (Lipinski definition) is 0. The zero-order valence-electron chi connectivity index (χ0n) is 21.1. The van der Waals surface area contributed by atoms with Crippen LogP contribution in [0.15, 0.2) is 72.8 Å². The molecule has 0 saturated heterocycles. The van der Waals surface area contributed by atoms with Gasteiger partial charge >= 0.3 is 5.97 Å². The molecule has 0 radical (unpaired) electrons. The highest BCUT2D eigenvalue weighted by Crippen LogP contribution is 2.15. The molecule has 0 bridgehead atoms. The van der Waals surface area contributed by atoms with E-state index in [4.69, 9.17) is 9.47 Å². The highest BCUT2D eigenvalue weighted by molar-refractivity contribution is 5.88. The molecule has 37 heavy (non-hydrogen) atoms. The highest BCUT2D eigenvalue weighted by atomic mass is 19.2. The lowest BCUT2D eigenvalue weighted by Crippen LogP contribution is -2.03. The molecule has 0 spiro atoms. The first-order valence-corrected chi connectivity index (χ1v) is 12.7. The van der Waals surface area contributed by atoms with Crippen LogP contribution >= 0.6 is 0 Å². The Morgan fingerprint density at radius 3 is 1.97 bits per heavy atom. The largest absolute Gasteiger partial charge is 0.494 e. The van der Waals surface area contributed by atoms with Gasteiger partial charge < -0.3 is 9.47 Å². The van der Waals surface area contributed by atoms with E-state index < -0.39 is 17.6 Å². The molecule has 0 heterocycles. The van der Waals surface area contributed by atoms with E-state index in [9.17, 15) is 13.6 Å². The summed E-state index contributed by atoms with van der Waals surface area (Å²) in [6, 6.07) is 17.9. The second kappa shape index (κ2) is 15.3. The van der Waals surface area contributed by atoms with Crippen LogP contribution in [0.3, 0.4) is 0 Å². The topological polar surface area (TPSA) is 35.5 Å². The summed E-state index contributed by atoms with van der Waals surface area (Å²) >= 11 is 0. The van der Waals surface area contributed by atoms with Crippen molar-refractivity contribution in [2.24, 2.45) is 0 Å². The van der Waals surface area contributed by atoms with Gasteiger partial charge in [-0.1, -0.05) is 63.4 Å². The third-order valence-electron chi connectivity index (χ3n) is 5.65. The van der Waals surface area contributed by atoms with E-state index in [0.717, 1.165) is 48.1 Å². The second-order valence-electron chi connectivity index (χ2n) is 8.70. The number of halogens is 2. The first-order valence-electron chi connectivity index (χ1n) is 12.7. The summed E-state index contributed by atoms with van der Waals surface area (Å²) in [6.07, 6.45) is 11.3. The Hall–Kier alpha value is -3.91. The van der Waals surface area contributed by atoms with E-state index in [0.29, 0.717) is 11.3 Å². The van der Waals surface area contributed by atoms with E-state index in [1.807, 2.05) is 24.3 Å². The summed E-state index contributed by atoms with van der Waals surface area (Å²) in [5.41, 5.74) is 2.01. The molecule has 0 aliphatic rings. The van der Waals surface area contributed by atoms with Crippen LogP contribution in [0.5, 0.6) is 11.5 Å². The molecule has 0 aliphatic heterocycles. The maximum absolute atomic E-state index is 13.2. The molecular weight excluding hydrogens is 470 g/mol. The van der Waals surface area contributed by atoms with Gasteiger partial charge in [-0.15, -0.1) is 0 Å². The van der Waals surface area contributed by atoms with Crippen LogP contribution in [-0.4, -0.2) is 12.6 Å². The molecule has 0 amide bonds. The first kappa shape index (κ1) is 27.7. The van der Waals surface area contributed by atoms with Crippen LogP contribution in [0.4, 0.5) is 8.78 Å². The monoisotopic (exact) mass is 502 g/mol. The summed E-state index contributed by atoms with van der Waals surface area (Å²) in [5, 5.41) is 0. The van der Waals surface area contributed by atoms with Gasteiger partial charge in [-0.2, -0.15) is 0 Å². The molecule has 3 aromatic carbocycles. The van der Waals surface area contributed by atoms with Crippen molar-refractivity contribution in [2.75, 3.05) is 6.61 Å². The Balaban J connectivity index is 1.42. The molecule has 0 aliphatic carbocycles. The smallest absolute Gasteiger partial charge is 0.336 e. The first-order chi connectivity index (χ1) is 18.0. The van der Waals surface area contributed by atoms with Gasteiger partial charge in [-0.3, -0.25) is 0 Å². The number of carbonyl (C=O) groups excluding carboxylic acids is 1. The highest BCUT2D eigenvalue weighted by Gasteiger charge is 2.03. The minimum absolute atomic E-state index is 0.355. The fourth-order valence-electron chi connectivity index (χ4n) is 3.56. The zero-order chi connectivity index (χ0) is 26.3. The fraction of sp³-hybridized carbons (Fsp3) is 0.281. The number of benzene rings is 3. The summed E-state index contributed by atoms with van der Waals surface area (Å²) in [7, 11) is 0. The van der Waals surface area contributed by atoms with Crippen LogP contribution < -0.4 is 9.47 Å². The van der Waals surface area contributed by atoms with Crippen LogP contribution in [0.2, 0.25) is 0 Å². The van der Waals surface area contributed by atoms with Crippen molar-refractivity contribution < 1.29 is 23.0 Å². The van der Waals surface area contributed by atoms with Crippen molar-refractivity contribution >= 4 is 12.0 Å². The quantitative estimate of drug-likeness (QED) is 0.0825. The molecule has 0 atom stereocenters. The number of ether oxygens (including phenoxy) is 2. The van der Waals surface area contributed by atoms with Gasteiger partial charge in [0, 0.05) is 17.2 Å². The van der Waals surface area contributed by atoms with Crippen molar-refractivity contribution in [1.82, 2.24) is 0 Å². The molecule has 3 nitrogen and oxygen atoms in total. The number of carbonyl (C=O) groups is 1. The predicted molar refractivity (Wildman–Crippen MR) is 143 cm³/mol. The van der Waals surface area contributed by atoms with E-state index in [1.54, 1.807) is 24.3 Å². The Labute approximate surface area is 218 Å². The van der Waals surface area contributed by atoms with Gasteiger partial charge in [0.1, 0.15) is 11.5 Å². The Kier molecular flexibility index (Phi) is 11.4. The van der Waals surface area contributed by atoms with Gasteiger partial charge in [0.25, 0.3) is 0 Å². The molecule has 0 N–H and O–H groups in total. The number of rotatable bonds is 12. The average Bonchev–Trinajstić information content (AvgIpc) is 2.91. The zero-order valence-corrected chi connectivity index (χ0v) is 21.1. The second-order valence-corrected chi connectivity index (χ2v) is 8.70. The molecule has 3 rings (SSSR count).